The summed E-state index contributed by atoms with van der Waals surface area (Å²) in [5.74, 6) is 1.74. The van der Waals surface area contributed by atoms with Crippen LogP contribution in [0.4, 0.5) is 11.5 Å². The molecular formula is C18H19N3. The second-order valence-electron chi connectivity index (χ2n) is 5.19. The highest BCUT2D eigenvalue weighted by molar-refractivity contribution is 5.91. The van der Waals surface area contributed by atoms with E-state index in [4.69, 9.17) is 0 Å². The van der Waals surface area contributed by atoms with Crippen molar-refractivity contribution in [2.24, 2.45) is 0 Å². The van der Waals surface area contributed by atoms with E-state index in [-0.39, 0.29) is 0 Å². The van der Waals surface area contributed by atoms with E-state index in [0.717, 1.165) is 34.7 Å². The van der Waals surface area contributed by atoms with E-state index in [1.807, 2.05) is 25.1 Å². The molecule has 0 aliphatic carbocycles. The number of aryl methyl sites for hydroxylation is 2. The monoisotopic (exact) mass is 277 g/mol. The van der Waals surface area contributed by atoms with Crippen LogP contribution < -0.4 is 4.90 Å². The van der Waals surface area contributed by atoms with Crippen molar-refractivity contribution in [1.82, 2.24) is 9.97 Å². The molecule has 0 radical (unpaired) electrons. The highest BCUT2D eigenvalue weighted by Gasteiger charge is 2.11. The Kier molecular flexibility index (Phi) is 3.57. The molecule has 0 atom stereocenters. The molecule has 3 aromatic rings. The Bertz CT molecular complexity index is 763. The molecule has 0 bridgehead atoms. The van der Waals surface area contributed by atoms with E-state index in [9.17, 15) is 0 Å². The van der Waals surface area contributed by atoms with Crippen LogP contribution in [0, 0.1) is 6.92 Å². The third kappa shape index (κ3) is 2.59. The maximum absolute atomic E-state index is 4.64. The van der Waals surface area contributed by atoms with Gasteiger partial charge in [0, 0.05) is 18.1 Å². The van der Waals surface area contributed by atoms with Crippen molar-refractivity contribution in [3.8, 4) is 0 Å². The molecule has 0 amide bonds. The lowest BCUT2D eigenvalue weighted by molar-refractivity contribution is 1.04. The molecule has 0 N–H and O–H groups in total. The van der Waals surface area contributed by atoms with Gasteiger partial charge in [-0.25, -0.2) is 9.97 Å². The number of para-hydroxylation sites is 1. The zero-order valence-corrected chi connectivity index (χ0v) is 12.7. The highest BCUT2D eigenvalue weighted by atomic mass is 15.2. The van der Waals surface area contributed by atoms with Gasteiger partial charge in [-0.2, -0.15) is 0 Å². The lowest BCUT2D eigenvalue weighted by Crippen LogP contribution is -2.13. The van der Waals surface area contributed by atoms with Crippen LogP contribution in [0.15, 0.2) is 48.5 Å². The molecule has 0 saturated carbocycles. The Hall–Kier alpha value is -2.42. The van der Waals surface area contributed by atoms with Gasteiger partial charge in [-0.15, -0.1) is 0 Å². The summed E-state index contributed by atoms with van der Waals surface area (Å²) in [5.41, 5.74) is 3.46. The third-order valence-electron chi connectivity index (χ3n) is 3.74. The summed E-state index contributed by atoms with van der Waals surface area (Å²) >= 11 is 0. The Morgan fingerprint density at radius 3 is 2.38 bits per heavy atom. The largest absolute Gasteiger partial charge is 0.329 e. The van der Waals surface area contributed by atoms with Gasteiger partial charge in [-0.1, -0.05) is 31.2 Å². The molecule has 1 aromatic heterocycles. The lowest BCUT2D eigenvalue weighted by atomic mass is 10.1. The molecule has 1 heterocycles. The molecule has 0 aliphatic heterocycles. The summed E-state index contributed by atoms with van der Waals surface area (Å²) in [6.45, 7) is 4.10. The number of aromatic nitrogens is 2. The van der Waals surface area contributed by atoms with E-state index in [1.165, 1.54) is 5.56 Å². The highest BCUT2D eigenvalue weighted by Crippen LogP contribution is 2.28. The van der Waals surface area contributed by atoms with Crippen LogP contribution in [0.5, 0.6) is 0 Å². The molecule has 0 fully saturated rings. The zero-order chi connectivity index (χ0) is 14.8. The van der Waals surface area contributed by atoms with Crippen LogP contribution in [0.2, 0.25) is 0 Å². The number of benzene rings is 2. The molecule has 106 valence electrons. The molecule has 0 saturated heterocycles. The second-order valence-corrected chi connectivity index (χ2v) is 5.19. The average molecular weight is 277 g/mol. The molecule has 0 unspecified atom stereocenters. The number of anilines is 2. The minimum absolute atomic E-state index is 0.792. The smallest absolute Gasteiger partial charge is 0.144 e. The van der Waals surface area contributed by atoms with Crippen LogP contribution in [-0.2, 0) is 6.42 Å². The van der Waals surface area contributed by atoms with Gasteiger partial charge in [0.25, 0.3) is 0 Å². The lowest BCUT2D eigenvalue weighted by Gasteiger charge is -2.20. The van der Waals surface area contributed by atoms with Gasteiger partial charge in [0.05, 0.1) is 5.52 Å². The average Bonchev–Trinajstić information content (AvgIpc) is 2.53. The fraction of sp³-hybridized carbons (Fsp3) is 0.222. The number of hydrogen-bond donors (Lipinski definition) is 0. The van der Waals surface area contributed by atoms with Crippen LogP contribution >= 0.6 is 0 Å². The van der Waals surface area contributed by atoms with Gasteiger partial charge in [0.2, 0.25) is 0 Å². The van der Waals surface area contributed by atoms with Crippen LogP contribution in [0.1, 0.15) is 18.3 Å². The van der Waals surface area contributed by atoms with Crippen molar-refractivity contribution in [1.29, 1.82) is 0 Å². The second kappa shape index (κ2) is 5.52. The first kappa shape index (κ1) is 13.6. The van der Waals surface area contributed by atoms with Gasteiger partial charge in [-0.05, 0) is 43.2 Å². The van der Waals surface area contributed by atoms with Crippen molar-refractivity contribution in [2.45, 2.75) is 20.3 Å². The standard InChI is InChI=1S/C18H19N3/c1-4-14-9-11-15(12-10-14)21(3)18-16-7-5-6-8-17(16)19-13(2)20-18/h5-12H,4H2,1-3H3. The fourth-order valence-electron chi connectivity index (χ4n) is 2.51. The molecule has 3 heteroatoms. The summed E-state index contributed by atoms with van der Waals surface area (Å²) in [4.78, 5) is 11.3. The van der Waals surface area contributed by atoms with Crippen LogP contribution in [-0.4, -0.2) is 17.0 Å². The maximum Gasteiger partial charge on any atom is 0.144 e. The summed E-state index contributed by atoms with van der Waals surface area (Å²) in [7, 11) is 2.05. The molecule has 3 rings (SSSR count). The Morgan fingerprint density at radius 1 is 0.952 bits per heavy atom. The normalized spacial score (nSPS) is 10.8. The summed E-state index contributed by atoms with van der Waals surface area (Å²) < 4.78 is 0. The predicted molar refractivity (Wildman–Crippen MR) is 88.2 cm³/mol. The molecule has 0 spiro atoms. The van der Waals surface area contributed by atoms with Crippen molar-refractivity contribution in [3.05, 3.63) is 59.9 Å². The Labute approximate surface area is 125 Å². The number of fused-ring (bicyclic) bond motifs is 1. The first-order chi connectivity index (χ1) is 10.2. The predicted octanol–water partition coefficient (Wildman–Crippen LogP) is 4.27. The Balaban J connectivity index is 2.09. The molecule has 0 aliphatic rings. The number of hydrogen-bond acceptors (Lipinski definition) is 3. The zero-order valence-electron chi connectivity index (χ0n) is 12.7. The van der Waals surface area contributed by atoms with Gasteiger partial charge in [0.1, 0.15) is 11.6 Å². The van der Waals surface area contributed by atoms with Crippen LogP contribution in [0.25, 0.3) is 10.9 Å². The molecule has 2 aromatic carbocycles. The van der Waals surface area contributed by atoms with Crippen molar-refractivity contribution in [3.63, 3.8) is 0 Å². The summed E-state index contributed by atoms with van der Waals surface area (Å²) in [6, 6.07) is 16.8. The van der Waals surface area contributed by atoms with Gasteiger partial charge >= 0.3 is 0 Å². The van der Waals surface area contributed by atoms with E-state index in [1.54, 1.807) is 0 Å². The van der Waals surface area contributed by atoms with E-state index >= 15 is 0 Å². The van der Waals surface area contributed by atoms with Gasteiger partial charge < -0.3 is 4.90 Å². The number of nitrogens with zero attached hydrogens (tertiary/aromatic N) is 3. The van der Waals surface area contributed by atoms with Crippen molar-refractivity contribution in [2.75, 3.05) is 11.9 Å². The first-order valence-electron chi connectivity index (χ1n) is 7.25. The minimum Gasteiger partial charge on any atom is -0.329 e. The minimum atomic E-state index is 0.792. The van der Waals surface area contributed by atoms with Gasteiger partial charge in [-0.3, -0.25) is 0 Å². The maximum atomic E-state index is 4.64. The van der Waals surface area contributed by atoms with Crippen molar-refractivity contribution < 1.29 is 0 Å². The molecular weight excluding hydrogens is 258 g/mol. The van der Waals surface area contributed by atoms with Crippen LogP contribution in [0.3, 0.4) is 0 Å². The number of rotatable bonds is 3. The van der Waals surface area contributed by atoms with Gasteiger partial charge in [0.15, 0.2) is 0 Å². The van der Waals surface area contributed by atoms with E-state index in [0.29, 0.717) is 0 Å². The quantitative estimate of drug-likeness (QED) is 0.716. The van der Waals surface area contributed by atoms with E-state index < -0.39 is 0 Å². The van der Waals surface area contributed by atoms with Crippen molar-refractivity contribution >= 4 is 22.4 Å². The SMILES string of the molecule is CCc1ccc(N(C)c2nc(C)nc3ccccc23)cc1. The molecule has 3 nitrogen and oxygen atoms in total. The first-order valence-corrected chi connectivity index (χ1v) is 7.25. The third-order valence-corrected chi connectivity index (χ3v) is 3.74. The summed E-state index contributed by atoms with van der Waals surface area (Å²) in [6.07, 6.45) is 1.06. The molecule has 21 heavy (non-hydrogen) atoms. The van der Waals surface area contributed by atoms with E-state index in [2.05, 4.69) is 59.2 Å². The summed E-state index contributed by atoms with van der Waals surface area (Å²) in [5, 5.41) is 1.07. The Morgan fingerprint density at radius 2 is 1.67 bits per heavy atom. The fourth-order valence-corrected chi connectivity index (χ4v) is 2.51. The topological polar surface area (TPSA) is 29.0 Å².